The summed E-state index contributed by atoms with van der Waals surface area (Å²) < 4.78 is 2.21. The highest BCUT2D eigenvalue weighted by Gasteiger charge is 2.36. The lowest BCUT2D eigenvalue weighted by molar-refractivity contribution is -0.138. The van der Waals surface area contributed by atoms with Crippen molar-refractivity contribution in [1.29, 1.82) is 0 Å². The summed E-state index contributed by atoms with van der Waals surface area (Å²) in [5.74, 6) is -3.04. The number of nitrogens with one attached hydrogen (secondary N) is 3. The first kappa shape index (κ1) is 43.8. The number of urea groups is 1. The molecule has 2 aromatic heterocycles. The molecule has 0 aliphatic carbocycles. The van der Waals surface area contributed by atoms with Gasteiger partial charge in [-0.1, -0.05) is 76.1 Å². The molecule has 314 valence electrons. The lowest BCUT2D eigenvalue weighted by Gasteiger charge is -2.29. The minimum Gasteiger partial charge on any atom is -0.382 e. The molecule has 0 saturated heterocycles. The molecule has 2 aromatic carbocycles. The van der Waals surface area contributed by atoms with E-state index in [2.05, 4.69) is 32.4 Å². The van der Waals surface area contributed by atoms with Crippen LogP contribution in [0.2, 0.25) is 0 Å². The fourth-order valence-electron chi connectivity index (χ4n) is 7.65. The molecule has 5 rings (SSSR count). The molecule has 3 heterocycles. The Bertz CT molecular complexity index is 2180. The van der Waals surface area contributed by atoms with Gasteiger partial charge < -0.3 is 37.7 Å². The van der Waals surface area contributed by atoms with E-state index in [0.717, 1.165) is 57.5 Å². The van der Waals surface area contributed by atoms with Crippen LogP contribution >= 0.6 is 0 Å². The molecular weight excluding hydrogens is 753 g/mol. The number of aryl methyl sites for hydroxylation is 1. The Labute approximate surface area is 343 Å². The van der Waals surface area contributed by atoms with Gasteiger partial charge in [-0.15, -0.1) is 0 Å². The number of aromatic nitrogens is 3. The monoisotopic (exact) mass is 808 g/mol. The van der Waals surface area contributed by atoms with Gasteiger partial charge in [0.05, 0.1) is 17.0 Å². The van der Waals surface area contributed by atoms with Gasteiger partial charge in [0.1, 0.15) is 17.4 Å². The van der Waals surface area contributed by atoms with Crippen molar-refractivity contribution in [3.8, 4) is 0 Å². The van der Waals surface area contributed by atoms with Gasteiger partial charge in [0.15, 0.2) is 5.82 Å². The number of hydrogen-bond donors (Lipinski definition) is 6. The normalized spacial score (nSPS) is 14.2. The zero-order chi connectivity index (χ0) is 42.6. The summed E-state index contributed by atoms with van der Waals surface area (Å²) in [4.78, 5) is 86.1. The number of benzene rings is 2. The summed E-state index contributed by atoms with van der Waals surface area (Å²) in [5.41, 5.74) is 21.8. The van der Waals surface area contributed by atoms with Crippen molar-refractivity contribution in [3.05, 3.63) is 77.6 Å². The number of rotatable bonds is 22. The Morgan fingerprint density at radius 2 is 1.51 bits per heavy atom. The Morgan fingerprint density at radius 1 is 0.814 bits per heavy atom. The number of nitrogen functional groups attached to an aromatic ring is 1. The molecule has 0 saturated carbocycles. The van der Waals surface area contributed by atoms with Crippen molar-refractivity contribution in [3.63, 3.8) is 0 Å². The highest BCUT2D eigenvalue weighted by Crippen LogP contribution is 2.30. The van der Waals surface area contributed by atoms with E-state index < -0.39 is 41.6 Å². The first-order valence-corrected chi connectivity index (χ1v) is 20.3. The molecule has 16 nitrogen and oxygen atoms in total. The molecule has 0 spiro atoms. The maximum atomic E-state index is 13.9. The third kappa shape index (κ3) is 11.2. The third-order valence-electron chi connectivity index (χ3n) is 10.7. The van der Waals surface area contributed by atoms with Crippen LogP contribution in [-0.2, 0) is 43.5 Å². The maximum absolute atomic E-state index is 13.9. The number of carbonyl (C=O) groups is 6. The van der Waals surface area contributed by atoms with E-state index in [1.807, 2.05) is 48.5 Å². The van der Waals surface area contributed by atoms with Gasteiger partial charge in [0.2, 0.25) is 17.7 Å². The SMILES string of the molecule is CCCCc1nc2c(N)nc3ccccc3c2n1Cc1ccc(CNC(=O)C(CCCNC(N)=O)NC(=O)C(C(C)C)C(CCCCN2C(=O)C=CC2=O)C(N)=O)cc1. The van der Waals surface area contributed by atoms with Gasteiger partial charge in [-0.2, -0.15) is 0 Å². The molecule has 9 N–H and O–H groups in total. The van der Waals surface area contributed by atoms with Crippen LogP contribution in [0.3, 0.4) is 0 Å². The zero-order valence-electron chi connectivity index (χ0n) is 34.0. The quantitative estimate of drug-likeness (QED) is 0.0501. The van der Waals surface area contributed by atoms with Gasteiger partial charge in [-0.25, -0.2) is 14.8 Å². The smallest absolute Gasteiger partial charge is 0.312 e. The van der Waals surface area contributed by atoms with Crippen LogP contribution in [0.4, 0.5) is 10.6 Å². The van der Waals surface area contributed by atoms with E-state index >= 15 is 0 Å². The van der Waals surface area contributed by atoms with Crippen molar-refractivity contribution in [2.75, 3.05) is 18.8 Å². The number of amides is 7. The first-order valence-electron chi connectivity index (χ1n) is 20.3. The number of fused-ring (bicyclic) bond motifs is 3. The molecule has 16 heteroatoms. The second-order valence-corrected chi connectivity index (χ2v) is 15.4. The Morgan fingerprint density at radius 3 is 2.17 bits per heavy atom. The van der Waals surface area contributed by atoms with Crippen molar-refractivity contribution < 1.29 is 28.8 Å². The number of nitrogens with two attached hydrogens (primary N) is 3. The number of nitrogens with zero attached hydrogens (tertiary/aromatic N) is 4. The molecule has 0 fully saturated rings. The number of anilines is 1. The molecular formula is C43H56N10O6. The number of carbonyl (C=O) groups excluding carboxylic acids is 6. The summed E-state index contributed by atoms with van der Waals surface area (Å²) in [6.45, 7) is 6.87. The van der Waals surface area contributed by atoms with Gasteiger partial charge in [0.25, 0.3) is 11.8 Å². The molecule has 1 aliphatic rings. The summed E-state index contributed by atoms with van der Waals surface area (Å²) in [5, 5.41) is 9.28. The fourth-order valence-corrected chi connectivity index (χ4v) is 7.65. The highest BCUT2D eigenvalue weighted by molar-refractivity contribution is 6.12. The van der Waals surface area contributed by atoms with Crippen molar-refractivity contribution in [2.24, 2.45) is 29.2 Å². The minimum atomic E-state index is -0.987. The first-order chi connectivity index (χ1) is 28.3. The van der Waals surface area contributed by atoms with Crippen LogP contribution in [0.5, 0.6) is 0 Å². The van der Waals surface area contributed by atoms with E-state index in [9.17, 15) is 28.8 Å². The second kappa shape index (κ2) is 20.4. The molecule has 7 amide bonds. The number of pyridine rings is 1. The largest absolute Gasteiger partial charge is 0.382 e. The predicted octanol–water partition coefficient (Wildman–Crippen LogP) is 3.58. The standard InChI is InChI=1S/C43H56N10O6/c1-4-5-15-33-51-37-38(29-11-6-7-13-31(29)49-39(37)44)53(33)25-28-18-16-27(17-19-28)24-48-41(57)32(14-10-22-47-43(46)59)50-42(58)36(26(2)3)30(40(45)56)12-8-9-23-52-34(54)20-21-35(52)55/h6-7,11,13,16-21,26,30,32,36H,4-5,8-10,12,14-15,22-25H2,1-3H3,(H2,44,49)(H2,45,56)(H,48,57)(H,50,58)(H3,46,47,59). The number of hydrogen-bond acceptors (Lipinski definition) is 9. The summed E-state index contributed by atoms with van der Waals surface area (Å²) in [6.07, 6.45) is 6.86. The predicted molar refractivity (Wildman–Crippen MR) is 225 cm³/mol. The Balaban J connectivity index is 1.26. The number of unbranched alkanes of at least 4 members (excludes halogenated alkanes) is 2. The fraction of sp³-hybridized carbons (Fsp3) is 0.442. The molecule has 3 unspecified atom stereocenters. The van der Waals surface area contributed by atoms with E-state index in [4.69, 9.17) is 22.2 Å². The summed E-state index contributed by atoms with van der Waals surface area (Å²) in [7, 11) is 0. The highest BCUT2D eigenvalue weighted by atomic mass is 16.2. The average Bonchev–Trinajstić information content (AvgIpc) is 3.73. The van der Waals surface area contributed by atoms with E-state index in [1.165, 1.54) is 12.2 Å². The molecule has 4 aromatic rings. The van der Waals surface area contributed by atoms with Crippen LogP contribution in [0, 0.1) is 17.8 Å². The van der Waals surface area contributed by atoms with E-state index in [1.54, 1.807) is 13.8 Å². The lowest BCUT2D eigenvalue weighted by atomic mass is 9.79. The molecule has 0 radical (unpaired) electrons. The minimum absolute atomic E-state index is 0.183. The molecule has 3 atom stereocenters. The van der Waals surface area contributed by atoms with Gasteiger partial charge in [-0.3, -0.25) is 28.9 Å². The average molecular weight is 809 g/mol. The maximum Gasteiger partial charge on any atom is 0.312 e. The van der Waals surface area contributed by atoms with Crippen LogP contribution < -0.4 is 33.2 Å². The van der Waals surface area contributed by atoms with E-state index in [-0.39, 0.29) is 50.2 Å². The summed E-state index contributed by atoms with van der Waals surface area (Å²) in [6, 6.07) is 14.1. The number of primary amides is 2. The van der Waals surface area contributed by atoms with Crippen LogP contribution in [0.1, 0.15) is 82.7 Å². The van der Waals surface area contributed by atoms with Gasteiger partial charge in [-0.05, 0) is 55.2 Å². The van der Waals surface area contributed by atoms with Gasteiger partial charge >= 0.3 is 6.03 Å². The molecule has 59 heavy (non-hydrogen) atoms. The molecule has 1 aliphatic heterocycles. The molecule has 0 bridgehead atoms. The van der Waals surface area contributed by atoms with Crippen LogP contribution in [0.15, 0.2) is 60.7 Å². The Kier molecular flexibility index (Phi) is 15.1. The Hall–Kier alpha value is -6.32. The van der Waals surface area contributed by atoms with Gasteiger partial charge in [0, 0.05) is 56.1 Å². The van der Waals surface area contributed by atoms with E-state index in [0.29, 0.717) is 37.1 Å². The third-order valence-corrected chi connectivity index (χ3v) is 10.7. The van der Waals surface area contributed by atoms with Crippen molar-refractivity contribution >= 4 is 63.3 Å². The topological polar surface area (TPSA) is 251 Å². The number of imide groups is 1. The van der Waals surface area contributed by atoms with Crippen molar-refractivity contribution in [2.45, 2.75) is 91.3 Å². The van der Waals surface area contributed by atoms with Crippen LogP contribution in [-0.4, -0.2) is 74.1 Å². The zero-order valence-corrected chi connectivity index (χ0v) is 34.0. The lowest BCUT2D eigenvalue weighted by Crippen LogP contribution is -2.51. The summed E-state index contributed by atoms with van der Waals surface area (Å²) >= 11 is 0. The number of para-hydroxylation sites is 1. The number of imidazole rings is 1. The van der Waals surface area contributed by atoms with Crippen molar-refractivity contribution in [1.82, 2.24) is 35.4 Å². The second-order valence-electron chi connectivity index (χ2n) is 15.4. The van der Waals surface area contributed by atoms with Crippen LogP contribution in [0.25, 0.3) is 21.9 Å².